The maximum Gasteiger partial charge on any atom is 0.301 e. The van der Waals surface area contributed by atoms with Gasteiger partial charge in [0.05, 0.1) is 18.9 Å². The van der Waals surface area contributed by atoms with Crippen LogP contribution in [-0.4, -0.2) is 52.6 Å². The van der Waals surface area contributed by atoms with Gasteiger partial charge < -0.3 is 24.0 Å². The maximum absolute atomic E-state index is 13.6. The molecule has 0 bridgehead atoms. The van der Waals surface area contributed by atoms with Crippen molar-refractivity contribution in [3.63, 3.8) is 0 Å². The normalized spacial score (nSPS) is 14.2. The summed E-state index contributed by atoms with van der Waals surface area (Å²) >= 11 is 0. The molecule has 0 aliphatic carbocycles. The van der Waals surface area contributed by atoms with E-state index in [-0.39, 0.29) is 49.1 Å². The van der Waals surface area contributed by atoms with Gasteiger partial charge in [0, 0.05) is 25.7 Å². The van der Waals surface area contributed by atoms with Crippen molar-refractivity contribution in [3.8, 4) is 5.75 Å². The molecule has 2 aromatic rings. The van der Waals surface area contributed by atoms with Crippen molar-refractivity contribution in [1.29, 1.82) is 0 Å². The fraction of sp³-hybridized carbons (Fsp3) is 0.241. The van der Waals surface area contributed by atoms with Gasteiger partial charge in [-0.3, -0.25) is 19.2 Å². The van der Waals surface area contributed by atoms with Crippen LogP contribution in [0.1, 0.15) is 29.9 Å². The van der Waals surface area contributed by atoms with Crippen LogP contribution in [0.25, 0.3) is 0 Å². The van der Waals surface area contributed by atoms with E-state index in [1.165, 1.54) is 71.4 Å². The Bertz CT molecular complexity index is 1440. The molecule has 40 heavy (non-hydrogen) atoms. The fourth-order valence-electron chi connectivity index (χ4n) is 4.10. The second-order valence-electron chi connectivity index (χ2n) is 8.32. The first-order valence-corrected chi connectivity index (χ1v) is 12.5. The number of aromatic hydroxyl groups is 1. The number of ether oxygens (including phenoxy) is 2. The minimum Gasteiger partial charge on any atom is -0.503 e. The van der Waals surface area contributed by atoms with Crippen molar-refractivity contribution in [1.82, 2.24) is 9.47 Å². The molecule has 0 fully saturated rings. The second-order valence-corrected chi connectivity index (χ2v) is 8.32. The summed E-state index contributed by atoms with van der Waals surface area (Å²) in [6.07, 6.45) is 6.86. The van der Waals surface area contributed by atoms with E-state index >= 15 is 0 Å². The maximum atomic E-state index is 13.6. The predicted molar refractivity (Wildman–Crippen MR) is 146 cm³/mol. The van der Waals surface area contributed by atoms with Gasteiger partial charge in [0.2, 0.25) is 5.43 Å². The third-order valence-corrected chi connectivity index (χ3v) is 5.96. The number of nitrogens with zero attached hydrogens (tertiary/aromatic N) is 3. The van der Waals surface area contributed by atoms with Crippen LogP contribution in [0.4, 0.5) is 10.2 Å². The molecule has 1 aromatic carbocycles. The highest BCUT2D eigenvalue weighted by Gasteiger charge is 2.37. The number of allylic oxidation sites excluding steroid dienone is 4. The Morgan fingerprint density at radius 1 is 1.20 bits per heavy atom. The molecular weight excluding hydrogens is 521 g/mol. The number of hydrogen-bond donors (Lipinski definition) is 1. The molecule has 210 valence electrons. The van der Waals surface area contributed by atoms with Crippen LogP contribution in [-0.2, 0) is 32.2 Å². The Hall–Kier alpha value is -4.93. The molecule has 0 radical (unpaired) electrons. The number of aromatic nitrogens is 1. The third kappa shape index (κ3) is 6.04. The van der Waals surface area contributed by atoms with Crippen LogP contribution in [0.5, 0.6) is 5.75 Å². The lowest BCUT2D eigenvalue weighted by Gasteiger charge is -2.34. The lowest BCUT2D eigenvalue weighted by molar-refractivity contribution is -0.124. The smallest absolute Gasteiger partial charge is 0.301 e. The highest BCUT2D eigenvalue weighted by molar-refractivity contribution is 6.25. The number of imide groups is 1. The van der Waals surface area contributed by atoms with Gasteiger partial charge in [0.1, 0.15) is 18.2 Å². The Morgan fingerprint density at radius 2 is 1.90 bits per heavy atom. The number of pyridine rings is 1. The van der Waals surface area contributed by atoms with Crippen molar-refractivity contribution in [3.05, 3.63) is 106 Å². The van der Waals surface area contributed by atoms with Gasteiger partial charge in [0.25, 0.3) is 11.8 Å². The van der Waals surface area contributed by atoms with Crippen LogP contribution in [0, 0.1) is 5.82 Å². The van der Waals surface area contributed by atoms with Crippen molar-refractivity contribution in [2.45, 2.75) is 26.9 Å². The monoisotopic (exact) mass is 551 g/mol. The molecule has 10 nitrogen and oxygen atoms in total. The second kappa shape index (κ2) is 13.2. The summed E-state index contributed by atoms with van der Waals surface area (Å²) in [5.74, 6) is -4.16. The van der Waals surface area contributed by atoms with E-state index in [0.29, 0.717) is 10.5 Å². The zero-order valence-electron chi connectivity index (χ0n) is 22.4. The Morgan fingerprint density at radius 3 is 2.50 bits per heavy atom. The molecular formula is C29H30FN3O7. The Balaban J connectivity index is 0.00000216. The van der Waals surface area contributed by atoms with Gasteiger partial charge in [-0.2, -0.15) is 0 Å². The zero-order chi connectivity index (χ0) is 29.4. The number of carbonyl (C=O) groups is 3. The van der Waals surface area contributed by atoms with E-state index in [1.807, 2.05) is 13.8 Å². The number of hydrogen-bond acceptors (Lipinski definition) is 7. The molecule has 4 rings (SSSR count). The largest absolute Gasteiger partial charge is 0.503 e. The first-order chi connectivity index (χ1) is 19.3. The summed E-state index contributed by atoms with van der Waals surface area (Å²) in [4.78, 5) is 55.4. The number of anilines is 1. The van der Waals surface area contributed by atoms with Crippen molar-refractivity contribution in [2.24, 2.45) is 0 Å². The number of halogens is 1. The summed E-state index contributed by atoms with van der Waals surface area (Å²) in [7, 11) is 1.23. The number of rotatable bonds is 7. The zero-order valence-corrected chi connectivity index (χ0v) is 22.4. The molecule has 0 spiro atoms. The lowest BCUT2D eigenvalue weighted by Crippen LogP contribution is -2.46. The average molecular weight is 552 g/mol. The molecule has 1 aromatic heterocycles. The van der Waals surface area contributed by atoms with Gasteiger partial charge in [-0.1, -0.05) is 38.6 Å². The van der Waals surface area contributed by atoms with Gasteiger partial charge in [-0.05, 0) is 35.9 Å². The van der Waals surface area contributed by atoms with E-state index in [1.54, 1.807) is 0 Å². The predicted octanol–water partition coefficient (Wildman–Crippen LogP) is 3.42. The average Bonchev–Trinajstić information content (AvgIpc) is 2.98. The standard InChI is InChI=1S/C27H24FN3O7.C2H6/c1-3-5-21(37-2)26(35)31(25(34)18-6-4-13-38-16-18)22-14-20(32)24(33)23-27(36)29(11-12-30(22)23)15-17-7-9-19(28)10-8-17;1-2/h3-10,13-14,33H,1,11-12,15-16H2,2H3;1-2H3/b21-5-;. The molecule has 11 heteroatoms. The van der Waals surface area contributed by atoms with Crippen molar-refractivity contribution < 1.29 is 33.4 Å². The SMILES string of the molecule is C=C/C=C(\OC)C(=O)N(C(=O)C1=CC=COC1)c1cc(=O)c(O)c2n1CCN(Cc1ccc(F)cc1)C2=O.CC. The molecule has 3 heterocycles. The number of benzene rings is 1. The van der Waals surface area contributed by atoms with Crippen LogP contribution in [0.2, 0.25) is 0 Å². The highest BCUT2D eigenvalue weighted by atomic mass is 19.1. The Labute approximate surface area is 230 Å². The molecule has 0 atom stereocenters. The van der Waals surface area contributed by atoms with Crippen LogP contribution in [0.3, 0.4) is 0 Å². The minimum absolute atomic E-state index is 0.0332. The third-order valence-electron chi connectivity index (χ3n) is 5.96. The molecule has 2 aliphatic heterocycles. The van der Waals surface area contributed by atoms with Crippen LogP contribution < -0.4 is 10.3 Å². The van der Waals surface area contributed by atoms with Gasteiger partial charge >= 0.3 is 5.91 Å². The van der Waals surface area contributed by atoms with Crippen molar-refractivity contribution >= 4 is 23.5 Å². The molecule has 3 amide bonds. The Kier molecular flexibility index (Phi) is 9.80. The summed E-state index contributed by atoms with van der Waals surface area (Å²) in [6.45, 7) is 7.64. The molecule has 0 saturated carbocycles. The van der Waals surface area contributed by atoms with E-state index in [4.69, 9.17) is 9.47 Å². The minimum atomic E-state index is -0.964. The summed E-state index contributed by atoms with van der Waals surface area (Å²) in [5.41, 5.74) is -0.610. The highest BCUT2D eigenvalue weighted by Crippen LogP contribution is 2.29. The summed E-state index contributed by atoms with van der Waals surface area (Å²) in [6, 6.07) is 6.48. The quantitative estimate of drug-likeness (QED) is 0.318. The molecule has 0 saturated heterocycles. The summed E-state index contributed by atoms with van der Waals surface area (Å²) < 4.78 is 24.9. The van der Waals surface area contributed by atoms with E-state index in [9.17, 15) is 28.7 Å². The van der Waals surface area contributed by atoms with Crippen molar-refractivity contribution in [2.75, 3.05) is 25.2 Å². The van der Waals surface area contributed by atoms with Gasteiger partial charge in [-0.15, -0.1) is 0 Å². The lowest BCUT2D eigenvalue weighted by atomic mass is 10.1. The topological polar surface area (TPSA) is 118 Å². The van der Waals surface area contributed by atoms with E-state index < -0.39 is 34.7 Å². The van der Waals surface area contributed by atoms with E-state index in [2.05, 4.69) is 6.58 Å². The fourth-order valence-corrected chi connectivity index (χ4v) is 4.10. The number of methoxy groups -OCH3 is 1. The number of amides is 3. The first-order valence-electron chi connectivity index (χ1n) is 12.5. The first kappa shape index (κ1) is 29.6. The summed E-state index contributed by atoms with van der Waals surface area (Å²) in [5, 5.41) is 10.6. The van der Waals surface area contributed by atoms with Crippen LogP contribution in [0.15, 0.2) is 83.6 Å². The number of fused-ring (bicyclic) bond motifs is 1. The molecule has 2 aliphatic rings. The molecule has 1 N–H and O–H groups in total. The number of carbonyl (C=O) groups excluding carboxylic acids is 3. The van der Waals surface area contributed by atoms with Crippen LogP contribution >= 0.6 is 0 Å². The van der Waals surface area contributed by atoms with Gasteiger partial charge in [-0.25, -0.2) is 9.29 Å². The molecule has 0 unspecified atom stereocenters. The van der Waals surface area contributed by atoms with Gasteiger partial charge in [0.15, 0.2) is 17.2 Å². The van der Waals surface area contributed by atoms with E-state index in [0.717, 1.165) is 6.07 Å².